The number of epoxide rings is 1. The van der Waals surface area contributed by atoms with Crippen molar-refractivity contribution in [2.75, 3.05) is 6.61 Å². The lowest BCUT2D eigenvalue weighted by molar-refractivity contribution is -0.329. The fourth-order valence-electron chi connectivity index (χ4n) is 11.4. The molecular weight excluding hydrogens is 584 g/mol. The molecule has 18 atom stereocenters. The van der Waals surface area contributed by atoms with E-state index >= 15 is 0 Å². The SMILES string of the molecule is CC1=C(C)C(=O)OC(C(C)C2CCC3C4C5OC5C5(O)CC(OC6OC(CO)C(O)C(O)C6O)CC(O)C5(C)C4CCC23C)C1. The summed E-state index contributed by atoms with van der Waals surface area (Å²) in [5.74, 6) is 1.02. The number of cyclic esters (lactones) is 1. The van der Waals surface area contributed by atoms with Crippen LogP contribution >= 0.6 is 0 Å². The van der Waals surface area contributed by atoms with Crippen molar-refractivity contribution >= 4 is 5.97 Å². The molecular formula is C34H52O11. The van der Waals surface area contributed by atoms with Crippen molar-refractivity contribution in [1.29, 1.82) is 0 Å². The molecule has 6 N–H and O–H groups in total. The number of hydrogen-bond donors (Lipinski definition) is 6. The number of aliphatic hydroxyl groups is 6. The minimum Gasteiger partial charge on any atom is -0.458 e. The van der Waals surface area contributed by atoms with Gasteiger partial charge in [0.2, 0.25) is 0 Å². The van der Waals surface area contributed by atoms with Crippen LogP contribution in [0.5, 0.6) is 0 Å². The molecule has 0 bridgehead atoms. The largest absolute Gasteiger partial charge is 0.458 e. The number of esters is 1. The van der Waals surface area contributed by atoms with Crippen LogP contribution in [0, 0.1) is 40.4 Å². The Kier molecular flexibility index (Phi) is 7.87. The molecule has 4 saturated carbocycles. The van der Waals surface area contributed by atoms with E-state index in [0.29, 0.717) is 11.8 Å². The first kappa shape index (κ1) is 32.4. The third kappa shape index (κ3) is 4.51. The van der Waals surface area contributed by atoms with E-state index in [0.717, 1.165) is 43.3 Å². The van der Waals surface area contributed by atoms with Crippen LogP contribution in [0.1, 0.15) is 79.6 Å². The van der Waals surface area contributed by atoms with Crippen molar-refractivity contribution < 1.29 is 54.4 Å². The molecule has 2 saturated heterocycles. The summed E-state index contributed by atoms with van der Waals surface area (Å²) in [5, 5.41) is 64.9. The van der Waals surface area contributed by atoms with Gasteiger partial charge in [0.05, 0.1) is 24.9 Å². The Morgan fingerprint density at radius 3 is 2.42 bits per heavy atom. The highest BCUT2D eigenvalue weighted by molar-refractivity contribution is 5.89. The molecule has 0 aromatic heterocycles. The molecule has 254 valence electrons. The Balaban J connectivity index is 1.10. The van der Waals surface area contributed by atoms with Gasteiger partial charge in [0.1, 0.15) is 42.2 Å². The fourth-order valence-corrected chi connectivity index (χ4v) is 11.4. The molecule has 11 heteroatoms. The van der Waals surface area contributed by atoms with Crippen molar-refractivity contribution in [3.05, 3.63) is 11.1 Å². The molecule has 0 radical (unpaired) electrons. The molecule has 0 spiro atoms. The van der Waals surface area contributed by atoms with Gasteiger partial charge in [0.15, 0.2) is 6.29 Å². The third-order valence-corrected chi connectivity index (χ3v) is 14.3. The molecule has 11 nitrogen and oxygen atoms in total. The molecule has 18 unspecified atom stereocenters. The van der Waals surface area contributed by atoms with Gasteiger partial charge in [0, 0.05) is 30.3 Å². The second-order valence-corrected chi connectivity index (χ2v) is 16.1. The van der Waals surface area contributed by atoms with E-state index in [-0.39, 0.29) is 54.2 Å². The van der Waals surface area contributed by atoms with E-state index in [2.05, 4.69) is 13.8 Å². The molecule has 6 fully saturated rings. The van der Waals surface area contributed by atoms with E-state index in [4.69, 9.17) is 18.9 Å². The van der Waals surface area contributed by atoms with Gasteiger partial charge in [-0.1, -0.05) is 26.3 Å². The zero-order valence-corrected chi connectivity index (χ0v) is 27.0. The minimum absolute atomic E-state index is 0.0355. The number of ether oxygens (including phenoxy) is 4. The molecule has 7 rings (SSSR count). The zero-order valence-electron chi connectivity index (χ0n) is 27.0. The van der Waals surface area contributed by atoms with Crippen molar-refractivity contribution in [2.45, 2.75) is 146 Å². The van der Waals surface area contributed by atoms with E-state index < -0.39 is 66.6 Å². The zero-order chi connectivity index (χ0) is 32.4. The maximum Gasteiger partial charge on any atom is 0.333 e. The topological polar surface area (TPSA) is 179 Å². The van der Waals surface area contributed by atoms with Gasteiger partial charge in [-0.25, -0.2) is 4.79 Å². The van der Waals surface area contributed by atoms with Gasteiger partial charge in [-0.2, -0.15) is 0 Å². The van der Waals surface area contributed by atoms with E-state index in [9.17, 15) is 35.4 Å². The lowest BCUT2D eigenvalue weighted by Crippen LogP contribution is -2.71. The van der Waals surface area contributed by atoms with Crippen LogP contribution in [0.15, 0.2) is 11.1 Å². The molecule has 4 aliphatic carbocycles. The predicted molar refractivity (Wildman–Crippen MR) is 158 cm³/mol. The highest BCUT2D eigenvalue weighted by atomic mass is 16.7. The molecule has 7 aliphatic rings. The van der Waals surface area contributed by atoms with E-state index in [1.165, 1.54) is 0 Å². The van der Waals surface area contributed by atoms with E-state index in [1.54, 1.807) is 0 Å². The second-order valence-electron chi connectivity index (χ2n) is 16.1. The molecule has 45 heavy (non-hydrogen) atoms. The van der Waals surface area contributed by atoms with Gasteiger partial charge in [0.25, 0.3) is 0 Å². The number of rotatable bonds is 5. The van der Waals surface area contributed by atoms with Crippen molar-refractivity contribution in [3.8, 4) is 0 Å². The van der Waals surface area contributed by atoms with Crippen LogP contribution < -0.4 is 0 Å². The Labute approximate surface area is 264 Å². The van der Waals surface area contributed by atoms with Crippen LogP contribution in [0.25, 0.3) is 0 Å². The second kappa shape index (κ2) is 10.9. The quantitative estimate of drug-likeness (QED) is 0.145. The van der Waals surface area contributed by atoms with Gasteiger partial charge < -0.3 is 49.6 Å². The van der Waals surface area contributed by atoms with Crippen molar-refractivity contribution in [2.24, 2.45) is 40.4 Å². The number of aliphatic hydroxyl groups excluding tert-OH is 5. The molecule has 0 aromatic carbocycles. The smallest absolute Gasteiger partial charge is 0.333 e. The Morgan fingerprint density at radius 1 is 1.00 bits per heavy atom. The first-order valence-corrected chi connectivity index (χ1v) is 17.1. The van der Waals surface area contributed by atoms with Crippen LogP contribution in [-0.4, -0.2) is 110 Å². The maximum atomic E-state index is 12.6. The first-order valence-electron chi connectivity index (χ1n) is 17.1. The number of carbonyl (C=O) groups is 1. The highest BCUT2D eigenvalue weighted by Crippen LogP contribution is 2.73. The minimum atomic E-state index is -1.57. The summed E-state index contributed by atoms with van der Waals surface area (Å²) >= 11 is 0. The Hall–Kier alpha value is -1.15. The lowest BCUT2D eigenvalue weighted by Gasteiger charge is -2.64. The first-order chi connectivity index (χ1) is 21.2. The number of hydrogen-bond acceptors (Lipinski definition) is 11. The Morgan fingerprint density at radius 2 is 1.73 bits per heavy atom. The molecule has 3 heterocycles. The van der Waals surface area contributed by atoms with E-state index in [1.807, 2.05) is 20.8 Å². The van der Waals surface area contributed by atoms with Gasteiger partial charge in [-0.3, -0.25) is 0 Å². The summed E-state index contributed by atoms with van der Waals surface area (Å²) in [6, 6.07) is 0. The summed E-state index contributed by atoms with van der Waals surface area (Å²) in [4.78, 5) is 12.6. The summed E-state index contributed by atoms with van der Waals surface area (Å²) in [6.07, 6.45) is -4.32. The van der Waals surface area contributed by atoms with Crippen LogP contribution in [0.3, 0.4) is 0 Å². The molecule has 0 aromatic rings. The standard InChI is InChI=1S/C34H52O11/c1-14-10-21(43-30(40)15(14)2)16(3)18-6-7-19-24-20(8-9-32(18,19)4)33(5)23(36)11-17(12-34(33,41)29-28(24)45-29)42-31-27(39)26(38)25(37)22(13-35)44-31/h16-29,31,35-39,41H,6-13H2,1-5H3. The van der Waals surface area contributed by atoms with Crippen LogP contribution in [-0.2, 0) is 23.7 Å². The number of fused-ring (bicyclic) bond motifs is 8. The average molecular weight is 637 g/mol. The van der Waals surface area contributed by atoms with Gasteiger partial charge in [-0.05, 0) is 74.5 Å². The summed E-state index contributed by atoms with van der Waals surface area (Å²) < 4.78 is 24.0. The normalized spacial score (nSPS) is 56.5. The van der Waals surface area contributed by atoms with Crippen LogP contribution in [0.4, 0.5) is 0 Å². The summed E-state index contributed by atoms with van der Waals surface area (Å²) in [7, 11) is 0. The average Bonchev–Trinajstić information content (AvgIpc) is 3.73. The fraction of sp³-hybridized carbons (Fsp3) is 0.912. The van der Waals surface area contributed by atoms with Crippen molar-refractivity contribution in [3.63, 3.8) is 0 Å². The Bertz CT molecular complexity index is 1220. The summed E-state index contributed by atoms with van der Waals surface area (Å²) in [5.41, 5.74) is -0.338. The summed E-state index contributed by atoms with van der Waals surface area (Å²) in [6.45, 7) is 9.96. The highest BCUT2D eigenvalue weighted by Gasteiger charge is 2.78. The van der Waals surface area contributed by atoms with Gasteiger partial charge >= 0.3 is 5.97 Å². The van der Waals surface area contributed by atoms with Crippen LogP contribution in [0.2, 0.25) is 0 Å². The van der Waals surface area contributed by atoms with Gasteiger partial charge in [-0.15, -0.1) is 0 Å². The molecule has 3 aliphatic heterocycles. The molecule has 0 amide bonds. The third-order valence-electron chi connectivity index (χ3n) is 14.3. The predicted octanol–water partition coefficient (Wildman–Crippen LogP) is 1.19. The maximum absolute atomic E-state index is 12.6. The number of carbonyl (C=O) groups excluding carboxylic acids is 1. The van der Waals surface area contributed by atoms with Crippen molar-refractivity contribution in [1.82, 2.24) is 0 Å². The monoisotopic (exact) mass is 636 g/mol. The lowest BCUT2D eigenvalue weighted by atomic mass is 9.42.